The normalized spacial score (nSPS) is 26.0. The molecule has 0 aromatic heterocycles. The molecule has 1 aromatic rings. The minimum absolute atomic E-state index is 0.0444. The zero-order valence-corrected chi connectivity index (χ0v) is 15.1. The fourth-order valence-electron chi connectivity index (χ4n) is 3.20. The highest BCUT2D eigenvalue weighted by atomic mass is 79.9. The van der Waals surface area contributed by atoms with E-state index in [-0.39, 0.29) is 18.1 Å². The van der Waals surface area contributed by atoms with Crippen LogP contribution in [0.15, 0.2) is 45.1 Å². The average Bonchev–Trinajstić information content (AvgIpc) is 3.25. The molecule has 0 bridgehead atoms. The maximum atomic E-state index is 12.9. The number of amides is 1. The van der Waals surface area contributed by atoms with Gasteiger partial charge in [0.2, 0.25) is 0 Å². The molecule has 1 amide bonds. The van der Waals surface area contributed by atoms with E-state index in [9.17, 15) is 4.79 Å². The number of rotatable bonds is 2. The Hall–Kier alpha value is -1.47. The molecular weight excluding hydrogens is 376 g/mol. The van der Waals surface area contributed by atoms with Crippen LogP contribution in [0.3, 0.4) is 0 Å². The summed E-state index contributed by atoms with van der Waals surface area (Å²) in [4.78, 5) is 14.9. The van der Waals surface area contributed by atoms with Gasteiger partial charge in [0.25, 0.3) is 5.91 Å². The lowest BCUT2D eigenvalue weighted by Gasteiger charge is -2.24. The summed E-state index contributed by atoms with van der Waals surface area (Å²) < 4.78 is 1.06. The number of carbonyl (C=O) groups excluding carboxylic acids is 1. The number of likely N-dealkylation sites (tertiary alicyclic amines) is 1. The quantitative estimate of drug-likeness (QED) is 0.838. The van der Waals surface area contributed by atoms with Gasteiger partial charge in [0.05, 0.1) is 6.04 Å². The number of thioether (sulfide) groups is 1. The first kappa shape index (κ1) is 15.1. The molecule has 3 aliphatic rings. The fraction of sp³-hybridized carbons (Fsp3) is 0.375. The highest BCUT2D eigenvalue weighted by Crippen LogP contribution is 2.38. The van der Waals surface area contributed by atoms with Crippen molar-refractivity contribution in [3.63, 3.8) is 0 Å². The van der Waals surface area contributed by atoms with E-state index in [1.54, 1.807) is 0 Å². The Bertz CT molecular complexity index is 703. The number of benzene rings is 1. The van der Waals surface area contributed by atoms with Crippen LogP contribution in [0.4, 0.5) is 0 Å². The second kappa shape index (κ2) is 5.87. The number of hydrogen-bond acceptors (Lipinski definition) is 5. The van der Waals surface area contributed by atoms with Crippen LogP contribution in [0, 0.1) is 0 Å². The standard InChI is InChI=1S/C16H17BrN4OS/c1-10-18-9-14-21(10)19-15(23-14)16(22)20-8-2-3-13(20)11-4-6-12(17)7-5-11/h4-7,9-10,13,18H,2-3,8H2,1H3/t10?,13-/m1/s1. The Kier molecular flexibility index (Phi) is 3.85. The Morgan fingerprint density at radius 1 is 1.39 bits per heavy atom. The summed E-state index contributed by atoms with van der Waals surface area (Å²) in [6.07, 6.45) is 4.09. The van der Waals surface area contributed by atoms with Gasteiger partial charge in [0, 0.05) is 17.2 Å². The number of nitrogens with one attached hydrogen (secondary N) is 1. The van der Waals surface area contributed by atoms with Crippen molar-refractivity contribution in [2.75, 3.05) is 6.54 Å². The van der Waals surface area contributed by atoms with Crippen LogP contribution in [-0.4, -0.2) is 33.6 Å². The lowest BCUT2D eigenvalue weighted by atomic mass is 10.0. The molecule has 1 saturated heterocycles. The third-order valence-corrected chi connectivity index (χ3v) is 5.88. The van der Waals surface area contributed by atoms with Gasteiger partial charge in [-0.15, -0.1) is 0 Å². The molecule has 3 heterocycles. The van der Waals surface area contributed by atoms with Crippen LogP contribution in [0.5, 0.6) is 0 Å². The summed E-state index contributed by atoms with van der Waals surface area (Å²) in [5, 5.41) is 11.2. The Morgan fingerprint density at radius 3 is 2.91 bits per heavy atom. The first-order chi connectivity index (χ1) is 11.1. The van der Waals surface area contributed by atoms with Gasteiger partial charge in [-0.25, -0.2) is 5.01 Å². The maximum absolute atomic E-state index is 12.9. The summed E-state index contributed by atoms with van der Waals surface area (Å²) in [7, 11) is 0. The molecule has 1 unspecified atom stereocenters. The van der Waals surface area contributed by atoms with E-state index in [1.165, 1.54) is 17.3 Å². The molecular formula is C16H17BrN4OS. The summed E-state index contributed by atoms with van der Waals surface area (Å²) in [6, 6.07) is 8.41. The monoisotopic (exact) mass is 392 g/mol. The zero-order valence-electron chi connectivity index (χ0n) is 12.7. The van der Waals surface area contributed by atoms with Crippen molar-refractivity contribution in [2.45, 2.75) is 32.0 Å². The Morgan fingerprint density at radius 2 is 2.17 bits per heavy atom. The van der Waals surface area contributed by atoms with E-state index in [0.717, 1.165) is 28.9 Å². The molecule has 2 atom stereocenters. The van der Waals surface area contributed by atoms with Crippen LogP contribution in [0.1, 0.15) is 31.4 Å². The molecule has 0 radical (unpaired) electrons. The van der Waals surface area contributed by atoms with Gasteiger partial charge in [0.15, 0.2) is 5.04 Å². The number of hydrogen-bond donors (Lipinski definition) is 1. The van der Waals surface area contributed by atoms with Gasteiger partial charge < -0.3 is 10.2 Å². The SMILES string of the molecule is CC1NC=C2SC(C(=O)N3CCC[C@@H]3c3ccc(Br)cc3)=NN21. The van der Waals surface area contributed by atoms with Crippen LogP contribution in [-0.2, 0) is 4.79 Å². The van der Waals surface area contributed by atoms with Crippen molar-refractivity contribution in [1.82, 2.24) is 15.2 Å². The molecule has 1 N–H and O–H groups in total. The third-order valence-electron chi connectivity index (χ3n) is 4.39. The van der Waals surface area contributed by atoms with Crippen molar-refractivity contribution >= 4 is 38.6 Å². The molecule has 5 nitrogen and oxygen atoms in total. The summed E-state index contributed by atoms with van der Waals surface area (Å²) >= 11 is 4.92. The van der Waals surface area contributed by atoms with Crippen molar-refractivity contribution in [3.8, 4) is 0 Å². The zero-order chi connectivity index (χ0) is 16.0. The molecule has 7 heteroatoms. The Labute approximate surface area is 147 Å². The first-order valence-electron chi connectivity index (χ1n) is 7.72. The van der Waals surface area contributed by atoms with Crippen molar-refractivity contribution in [2.24, 2.45) is 5.10 Å². The topological polar surface area (TPSA) is 47.9 Å². The number of hydrazone groups is 1. The second-order valence-corrected chi connectivity index (χ2v) is 7.81. The minimum atomic E-state index is 0.0444. The highest BCUT2D eigenvalue weighted by molar-refractivity contribution is 9.10. The third kappa shape index (κ3) is 2.65. The number of nitrogens with zero attached hydrogens (tertiary/aromatic N) is 3. The molecule has 1 fully saturated rings. The van der Waals surface area contributed by atoms with Crippen molar-refractivity contribution in [3.05, 3.63) is 45.5 Å². The van der Waals surface area contributed by atoms with E-state index in [4.69, 9.17) is 0 Å². The largest absolute Gasteiger partial charge is 0.368 e. The van der Waals surface area contributed by atoms with E-state index in [2.05, 4.69) is 38.5 Å². The van der Waals surface area contributed by atoms with Gasteiger partial charge >= 0.3 is 0 Å². The maximum Gasteiger partial charge on any atom is 0.281 e. The molecule has 23 heavy (non-hydrogen) atoms. The van der Waals surface area contributed by atoms with E-state index in [1.807, 2.05) is 35.2 Å². The minimum Gasteiger partial charge on any atom is -0.368 e. The highest BCUT2D eigenvalue weighted by Gasteiger charge is 2.38. The van der Waals surface area contributed by atoms with Crippen LogP contribution < -0.4 is 5.32 Å². The van der Waals surface area contributed by atoms with Crippen molar-refractivity contribution in [1.29, 1.82) is 0 Å². The number of halogens is 1. The van der Waals surface area contributed by atoms with Gasteiger partial charge in [-0.05, 0) is 49.2 Å². The lowest BCUT2D eigenvalue weighted by Crippen LogP contribution is -2.35. The Balaban J connectivity index is 1.55. The van der Waals surface area contributed by atoms with Crippen LogP contribution >= 0.6 is 27.7 Å². The molecule has 3 aliphatic heterocycles. The number of fused-ring (bicyclic) bond motifs is 1. The molecule has 120 valence electrons. The van der Waals surface area contributed by atoms with E-state index < -0.39 is 0 Å². The molecule has 1 aromatic carbocycles. The smallest absolute Gasteiger partial charge is 0.281 e. The molecule has 0 aliphatic carbocycles. The predicted octanol–water partition coefficient (Wildman–Crippen LogP) is 3.22. The summed E-state index contributed by atoms with van der Waals surface area (Å²) in [6.45, 7) is 2.83. The molecule has 4 rings (SSSR count). The summed E-state index contributed by atoms with van der Waals surface area (Å²) in [5.41, 5.74) is 1.19. The van der Waals surface area contributed by atoms with Gasteiger partial charge in [-0.3, -0.25) is 4.79 Å². The van der Waals surface area contributed by atoms with Crippen LogP contribution in [0.25, 0.3) is 0 Å². The lowest BCUT2D eigenvalue weighted by molar-refractivity contribution is -0.124. The number of carbonyl (C=O) groups is 1. The predicted molar refractivity (Wildman–Crippen MR) is 95.4 cm³/mol. The van der Waals surface area contributed by atoms with Gasteiger partial charge in [-0.1, -0.05) is 28.1 Å². The first-order valence-corrected chi connectivity index (χ1v) is 9.33. The van der Waals surface area contributed by atoms with Crippen LogP contribution in [0.2, 0.25) is 0 Å². The molecule has 0 spiro atoms. The van der Waals surface area contributed by atoms with E-state index >= 15 is 0 Å². The fourth-order valence-corrected chi connectivity index (χ4v) is 4.41. The van der Waals surface area contributed by atoms with Gasteiger partial charge in [0.1, 0.15) is 11.2 Å². The molecule has 0 saturated carbocycles. The van der Waals surface area contributed by atoms with E-state index in [0.29, 0.717) is 5.04 Å². The second-order valence-electron chi connectivity index (χ2n) is 5.89. The average molecular weight is 393 g/mol. The summed E-state index contributed by atoms with van der Waals surface area (Å²) in [5.74, 6) is 0.0444. The van der Waals surface area contributed by atoms with Gasteiger partial charge in [-0.2, -0.15) is 5.10 Å². The van der Waals surface area contributed by atoms with Crippen molar-refractivity contribution < 1.29 is 4.79 Å².